The third-order valence-electron chi connectivity index (χ3n) is 2.45. The van der Waals surface area contributed by atoms with Crippen molar-refractivity contribution in [2.24, 2.45) is 0 Å². The Kier molecular flexibility index (Phi) is 4.40. The summed E-state index contributed by atoms with van der Waals surface area (Å²) in [5.41, 5.74) is 0. The van der Waals surface area contributed by atoms with Crippen molar-refractivity contribution in [1.82, 2.24) is 5.32 Å². The lowest BCUT2D eigenvalue weighted by Crippen LogP contribution is -2.26. The first-order valence-corrected chi connectivity index (χ1v) is 5.92. The Balaban J connectivity index is 1.89. The maximum absolute atomic E-state index is 8.55. The zero-order valence-corrected chi connectivity index (χ0v) is 8.62. The van der Waals surface area contributed by atoms with E-state index >= 15 is 0 Å². The van der Waals surface area contributed by atoms with Crippen LogP contribution in [0, 0.1) is 0 Å². The third-order valence-corrected chi connectivity index (χ3v) is 3.87. The molecule has 1 saturated carbocycles. The van der Waals surface area contributed by atoms with Crippen LogP contribution in [0.2, 0.25) is 0 Å². The molecule has 12 heavy (non-hydrogen) atoms. The summed E-state index contributed by atoms with van der Waals surface area (Å²) in [6.45, 7) is 2.54. The van der Waals surface area contributed by atoms with Crippen LogP contribution in [0.25, 0.3) is 0 Å². The zero-order chi connectivity index (χ0) is 8.86. The molecule has 0 aromatic rings. The lowest BCUT2D eigenvalue weighted by atomic mass is 10.3. The van der Waals surface area contributed by atoms with Crippen molar-refractivity contribution in [2.45, 2.75) is 30.4 Å². The number of hydrogen-bond acceptors (Lipinski definition) is 3. The van der Waals surface area contributed by atoms with E-state index in [9.17, 15) is 0 Å². The highest BCUT2D eigenvalue weighted by atomic mass is 32.2. The number of unbranched alkanes of at least 4 members (excludes halogenated alkanes) is 1. The molecular formula is C9H19NOS. The monoisotopic (exact) mass is 189 g/mol. The molecule has 0 unspecified atom stereocenters. The van der Waals surface area contributed by atoms with Crippen LogP contribution in [-0.2, 0) is 0 Å². The normalized spacial score (nSPS) is 19.5. The van der Waals surface area contributed by atoms with E-state index in [1.165, 1.54) is 12.8 Å². The number of aliphatic hydroxyl groups excluding tert-OH is 1. The van der Waals surface area contributed by atoms with E-state index in [0.29, 0.717) is 11.4 Å². The molecule has 0 bridgehead atoms. The molecule has 0 saturated heterocycles. The maximum atomic E-state index is 8.55. The zero-order valence-electron chi connectivity index (χ0n) is 7.81. The standard InChI is InChI=1S/C9H19NOS/c1-12-9(4-5-9)8-10-6-2-3-7-11/h10-11H,2-8H2,1H3. The summed E-state index contributed by atoms with van der Waals surface area (Å²) < 4.78 is 0.583. The van der Waals surface area contributed by atoms with Crippen molar-refractivity contribution >= 4 is 11.8 Å². The van der Waals surface area contributed by atoms with Crippen LogP contribution >= 0.6 is 11.8 Å². The number of nitrogens with one attached hydrogen (secondary N) is 1. The molecular weight excluding hydrogens is 170 g/mol. The summed E-state index contributed by atoms with van der Waals surface area (Å²) in [6, 6.07) is 0. The molecule has 1 aliphatic carbocycles. The first-order valence-electron chi connectivity index (χ1n) is 4.70. The van der Waals surface area contributed by atoms with E-state index in [2.05, 4.69) is 11.6 Å². The molecule has 0 radical (unpaired) electrons. The minimum atomic E-state index is 0.329. The molecule has 2 nitrogen and oxygen atoms in total. The molecule has 0 aromatic carbocycles. The van der Waals surface area contributed by atoms with Gasteiger partial charge in [-0.25, -0.2) is 0 Å². The van der Waals surface area contributed by atoms with Gasteiger partial charge in [-0.05, 0) is 38.5 Å². The summed E-state index contributed by atoms with van der Waals surface area (Å²) in [5.74, 6) is 0. The van der Waals surface area contributed by atoms with E-state index in [1.807, 2.05) is 11.8 Å². The van der Waals surface area contributed by atoms with Gasteiger partial charge in [-0.2, -0.15) is 11.8 Å². The molecule has 0 atom stereocenters. The van der Waals surface area contributed by atoms with Gasteiger partial charge < -0.3 is 10.4 Å². The van der Waals surface area contributed by atoms with E-state index < -0.39 is 0 Å². The predicted molar refractivity (Wildman–Crippen MR) is 54.7 cm³/mol. The van der Waals surface area contributed by atoms with Crippen LogP contribution in [0.5, 0.6) is 0 Å². The second-order valence-corrected chi connectivity index (χ2v) is 4.77. The Morgan fingerprint density at radius 2 is 2.17 bits per heavy atom. The fraction of sp³-hybridized carbons (Fsp3) is 1.00. The van der Waals surface area contributed by atoms with Crippen molar-refractivity contribution in [3.63, 3.8) is 0 Å². The Morgan fingerprint density at radius 3 is 2.67 bits per heavy atom. The third kappa shape index (κ3) is 3.33. The van der Waals surface area contributed by atoms with Crippen LogP contribution in [-0.4, -0.2) is 35.8 Å². The van der Waals surface area contributed by atoms with Gasteiger partial charge in [0.15, 0.2) is 0 Å². The largest absolute Gasteiger partial charge is 0.396 e. The molecule has 0 aliphatic heterocycles. The molecule has 1 rings (SSSR count). The molecule has 0 aromatic heterocycles. The maximum Gasteiger partial charge on any atom is 0.0431 e. The van der Waals surface area contributed by atoms with E-state index in [1.54, 1.807) is 0 Å². The molecule has 2 N–H and O–H groups in total. The second kappa shape index (κ2) is 5.10. The summed E-state index contributed by atoms with van der Waals surface area (Å²) in [7, 11) is 0. The second-order valence-electron chi connectivity index (χ2n) is 3.49. The van der Waals surface area contributed by atoms with Gasteiger partial charge in [0.25, 0.3) is 0 Å². The fourth-order valence-electron chi connectivity index (χ4n) is 1.27. The first kappa shape index (κ1) is 10.4. The van der Waals surface area contributed by atoms with Gasteiger partial charge in [-0.1, -0.05) is 0 Å². The van der Waals surface area contributed by atoms with Gasteiger partial charge in [0.2, 0.25) is 0 Å². The topological polar surface area (TPSA) is 32.3 Å². The van der Waals surface area contributed by atoms with Crippen molar-refractivity contribution < 1.29 is 5.11 Å². The molecule has 0 amide bonds. The van der Waals surface area contributed by atoms with Gasteiger partial charge in [-0.15, -0.1) is 0 Å². The lowest BCUT2D eigenvalue weighted by molar-refractivity contribution is 0.283. The minimum absolute atomic E-state index is 0.329. The molecule has 0 spiro atoms. The van der Waals surface area contributed by atoms with Gasteiger partial charge in [0.05, 0.1) is 0 Å². The number of hydrogen-bond donors (Lipinski definition) is 2. The highest BCUT2D eigenvalue weighted by molar-refractivity contribution is 8.00. The minimum Gasteiger partial charge on any atom is -0.396 e. The van der Waals surface area contributed by atoms with Gasteiger partial charge in [0.1, 0.15) is 0 Å². The van der Waals surface area contributed by atoms with E-state index in [4.69, 9.17) is 5.11 Å². The van der Waals surface area contributed by atoms with Crippen LogP contribution < -0.4 is 5.32 Å². The number of aliphatic hydroxyl groups is 1. The highest BCUT2D eigenvalue weighted by Crippen LogP contribution is 2.46. The van der Waals surface area contributed by atoms with Gasteiger partial charge in [0, 0.05) is 17.9 Å². The van der Waals surface area contributed by atoms with Crippen molar-refractivity contribution in [3.05, 3.63) is 0 Å². The van der Waals surface area contributed by atoms with Gasteiger partial charge in [-0.3, -0.25) is 0 Å². The SMILES string of the molecule is CSC1(CNCCCCO)CC1. The fourth-order valence-corrected chi connectivity index (χ4v) is 2.03. The number of rotatable bonds is 7. The lowest BCUT2D eigenvalue weighted by Gasteiger charge is -2.12. The van der Waals surface area contributed by atoms with Gasteiger partial charge >= 0.3 is 0 Å². The van der Waals surface area contributed by atoms with Crippen LogP contribution in [0.1, 0.15) is 25.7 Å². The van der Waals surface area contributed by atoms with Crippen LogP contribution in [0.3, 0.4) is 0 Å². The summed E-state index contributed by atoms with van der Waals surface area (Å²) in [4.78, 5) is 0. The summed E-state index contributed by atoms with van der Waals surface area (Å²) in [6.07, 6.45) is 6.98. The number of thioether (sulfide) groups is 1. The van der Waals surface area contributed by atoms with Crippen molar-refractivity contribution in [3.8, 4) is 0 Å². The quantitative estimate of drug-likeness (QED) is 0.591. The van der Waals surface area contributed by atoms with E-state index in [0.717, 1.165) is 25.9 Å². The van der Waals surface area contributed by atoms with Crippen molar-refractivity contribution in [2.75, 3.05) is 26.0 Å². The average Bonchev–Trinajstić information content (AvgIpc) is 2.85. The molecule has 0 heterocycles. The molecule has 1 aliphatic rings. The molecule has 1 fully saturated rings. The Bertz CT molecular complexity index is 126. The average molecular weight is 189 g/mol. The smallest absolute Gasteiger partial charge is 0.0431 e. The van der Waals surface area contributed by atoms with Crippen molar-refractivity contribution in [1.29, 1.82) is 0 Å². The molecule has 3 heteroatoms. The summed E-state index contributed by atoms with van der Waals surface area (Å²) >= 11 is 1.99. The van der Waals surface area contributed by atoms with E-state index in [-0.39, 0.29) is 0 Å². The Morgan fingerprint density at radius 1 is 1.42 bits per heavy atom. The van der Waals surface area contributed by atoms with Crippen LogP contribution in [0.4, 0.5) is 0 Å². The van der Waals surface area contributed by atoms with Crippen LogP contribution in [0.15, 0.2) is 0 Å². The Hall–Kier alpha value is 0.270. The Labute approximate surface area is 79.1 Å². The predicted octanol–water partition coefficient (Wildman–Crippen LogP) is 1.24. The summed E-state index contributed by atoms with van der Waals surface area (Å²) in [5, 5.41) is 12.0. The highest BCUT2D eigenvalue weighted by Gasteiger charge is 2.41. The first-order chi connectivity index (χ1) is 5.83. The molecule has 72 valence electrons.